The van der Waals surface area contributed by atoms with E-state index >= 15 is 0 Å². The van der Waals surface area contributed by atoms with Gasteiger partial charge >= 0.3 is 0 Å². The number of hydrogen-bond acceptors (Lipinski definition) is 3. The normalized spacial score (nSPS) is 13.6. The van der Waals surface area contributed by atoms with Crippen LogP contribution in [0.15, 0.2) is 42.5 Å². The fraction of sp³-hybridized carbons (Fsp3) is 0.391. The van der Waals surface area contributed by atoms with Crippen molar-refractivity contribution in [2.45, 2.75) is 39.5 Å². The van der Waals surface area contributed by atoms with Crippen molar-refractivity contribution >= 4 is 17.5 Å². The van der Waals surface area contributed by atoms with E-state index in [-0.39, 0.29) is 18.4 Å². The van der Waals surface area contributed by atoms with E-state index in [1.165, 1.54) is 0 Å². The quantitative estimate of drug-likeness (QED) is 0.809. The molecule has 0 radical (unpaired) electrons. The highest BCUT2D eigenvalue weighted by Crippen LogP contribution is 2.27. The van der Waals surface area contributed by atoms with E-state index in [2.05, 4.69) is 19.2 Å². The molecule has 0 bridgehead atoms. The molecular formula is C23H28N2O3. The summed E-state index contributed by atoms with van der Waals surface area (Å²) in [6.07, 6.45) is 2.14. The van der Waals surface area contributed by atoms with Crippen LogP contribution in [-0.4, -0.2) is 36.4 Å². The van der Waals surface area contributed by atoms with Crippen molar-refractivity contribution in [3.63, 3.8) is 0 Å². The van der Waals surface area contributed by atoms with E-state index in [1.54, 1.807) is 24.3 Å². The highest BCUT2D eigenvalue weighted by Gasteiger charge is 2.19. The third-order valence-electron chi connectivity index (χ3n) is 4.96. The average molecular weight is 380 g/mol. The third-order valence-corrected chi connectivity index (χ3v) is 4.96. The molecule has 2 aromatic carbocycles. The summed E-state index contributed by atoms with van der Waals surface area (Å²) in [6, 6.07) is 13.1. The van der Waals surface area contributed by atoms with Gasteiger partial charge in [-0.05, 0) is 67.1 Å². The summed E-state index contributed by atoms with van der Waals surface area (Å²) < 4.78 is 5.77. The van der Waals surface area contributed by atoms with Gasteiger partial charge in [0.15, 0.2) is 6.61 Å². The van der Waals surface area contributed by atoms with Crippen molar-refractivity contribution in [2.24, 2.45) is 0 Å². The number of hydrogen-bond donors (Lipinski definition) is 1. The van der Waals surface area contributed by atoms with Crippen LogP contribution in [0, 0.1) is 6.92 Å². The molecule has 0 unspecified atom stereocenters. The van der Waals surface area contributed by atoms with Crippen LogP contribution in [0.1, 0.15) is 54.1 Å². The van der Waals surface area contributed by atoms with E-state index < -0.39 is 0 Å². The van der Waals surface area contributed by atoms with Gasteiger partial charge in [0.05, 0.1) is 0 Å². The van der Waals surface area contributed by atoms with Gasteiger partial charge in [0.25, 0.3) is 11.8 Å². The largest absolute Gasteiger partial charge is 0.483 e. The molecule has 5 heteroatoms. The van der Waals surface area contributed by atoms with Crippen LogP contribution in [-0.2, 0) is 4.79 Å². The molecule has 1 fully saturated rings. The lowest BCUT2D eigenvalue weighted by Crippen LogP contribution is -2.27. The smallest absolute Gasteiger partial charge is 0.262 e. The molecule has 3 rings (SSSR count). The van der Waals surface area contributed by atoms with Crippen molar-refractivity contribution < 1.29 is 14.3 Å². The van der Waals surface area contributed by atoms with Crippen LogP contribution in [0.3, 0.4) is 0 Å². The van der Waals surface area contributed by atoms with Crippen LogP contribution >= 0.6 is 0 Å². The van der Waals surface area contributed by atoms with Crippen molar-refractivity contribution in [2.75, 3.05) is 25.0 Å². The average Bonchev–Trinajstić information content (AvgIpc) is 3.21. The van der Waals surface area contributed by atoms with E-state index in [0.29, 0.717) is 17.2 Å². The molecule has 1 heterocycles. The van der Waals surface area contributed by atoms with Crippen LogP contribution < -0.4 is 10.1 Å². The number of aryl methyl sites for hydroxylation is 1. The standard InChI is InChI=1S/C23H28N2O3/c1-16(2)20-11-6-17(3)14-21(20)28-15-22(26)24-19-9-7-18(8-10-19)23(27)25-12-4-5-13-25/h6-11,14,16H,4-5,12-13,15H2,1-3H3,(H,24,26). The number of carbonyl (C=O) groups excluding carboxylic acids is 2. The van der Waals surface area contributed by atoms with Gasteiger partial charge in [0, 0.05) is 24.3 Å². The number of nitrogens with one attached hydrogen (secondary N) is 1. The van der Waals surface area contributed by atoms with Gasteiger partial charge in [-0.1, -0.05) is 26.0 Å². The molecule has 0 saturated carbocycles. The molecule has 1 N–H and O–H groups in total. The van der Waals surface area contributed by atoms with Gasteiger partial charge in [0.1, 0.15) is 5.75 Å². The first-order chi connectivity index (χ1) is 13.4. The topological polar surface area (TPSA) is 58.6 Å². The third kappa shape index (κ3) is 4.91. The van der Waals surface area contributed by atoms with Gasteiger partial charge in [0.2, 0.25) is 0 Å². The lowest BCUT2D eigenvalue weighted by atomic mass is 10.0. The number of anilines is 1. The van der Waals surface area contributed by atoms with Crippen molar-refractivity contribution in [3.05, 3.63) is 59.2 Å². The first kappa shape index (κ1) is 19.9. The minimum atomic E-state index is -0.227. The summed E-state index contributed by atoms with van der Waals surface area (Å²) in [7, 11) is 0. The monoisotopic (exact) mass is 380 g/mol. The first-order valence-corrected chi connectivity index (χ1v) is 9.86. The number of benzene rings is 2. The lowest BCUT2D eigenvalue weighted by molar-refractivity contribution is -0.118. The number of amides is 2. The molecule has 0 spiro atoms. The molecule has 0 aliphatic carbocycles. The second-order valence-corrected chi connectivity index (χ2v) is 7.61. The highest BCUT2D eigenvalue weighted by atomic mass is 16.5. The molecule has 2 aromatic rings. The number of rotatable bonds is 6. The van der Waals surface area contributed by atoms with Crippen molar-refractivity contribution in [1.29, 1.82) is 0 Å². The van der Waals surface area contributed by atoms with E-state index in [9.17, 15) is 9.59 Å². The van der Waals surface area contributed by atoms with E-state index in [4.69, 9.17) is 4.74 Å². The SMILES string of the molecule is Cc1ccc(C(C)C)c(OCC(=O)Nc2ccc(C(=O)N3CCCC3)cc2)c1. The van der Waals surface area contributed by atoms with Crippen LogP contribution in [0.5, 0.6) is 5.75 Å². The minimum absolute atomic E-state index is 0.0550. The Morgan fingerprint density at radius 2 is 1.75 bits per heavy atom. The predicted octanol–water partition coefficient (Wildman–Crippen LogP) is 4.37. The van der Waals surface area contributed by atoms with Gasteiger partial charge in [-0.2, -0.15) is 0 Å². The number of ether oxygens (including phenoxy) is 1. The molecule has 148 valence electrons. The van der Waals surface area contributed by atoms with Gasteiger partial charge in [-0.25, -0.2) is 0 Å². The fourth-order valence-electron chi connectivity index (χ4n) is 3.38. The molecule has 1 aliphatic heterocycles. The maximum Gasteiger partial charge on any atom is 0.262 e. The molecule has 2 amide bonds. The molecule has 5 nitrogen and oxygen atoms in total. The summed E-state index contributed by atoms with van der Waals surface area (Å²) in [6.45, 7) is 7.79. The van der Waals surface area contributed by atoms with E-state index in [1.807, 2.05) is 30.0 Å². The van der Waals surface area contributed by atoms with Crippen LogP contribution in [0.25, 0.3) is 0 Å². The summed E-state index contributed by atoms with van der Waals surface area (Å²) >= 11 is 0. The summed E-state index contributed by atoms with van der Waals surface area (Å²) in [5.41, 5.74) is 3.48. The highest BCUT2D eigenvalue weighted by molar-refractivity contribution is 5.96. The Morgan fingerprint density at radius 1 is 1.07 bits per heavy atom. The predicted molar refractivity (Wildman–Crippen MR) is 111 cm³/mol. The Morgan fingerprint density at radius 3 is 2.39 bits per heavy atom. The lowest BCUT2D eigenvalue weighted by Gasteiger charge is -2.16. The minimum Gasteiger partial charge on any atom is -0.483 e. The molecular weight excluding hydrogens is 352 g/mol. The zero-order valence-electron chi connectivity index (χ0n) is 16.8. The molecule has 28 heavy (non-hydrogen) atoms. The zero-order chi connectivity index (χ0) is 20.1. The van der Waals surface area contributed by atoms with Gasteiger partial charge < -0.3 is 15.0 Å². The fourth-order valence-corrected chi connectivity index (χ4v) is 3.38. The molecule has 0 atom stereocenters. The Balaban J connectivity index is 1.56. The Bertz CT molecular complexity index is 837. The Hall–Kier alpha value is -2.82. The number of likely N-dealkylation sites (tertiary alicyclic amines) is 1. The number of nitrogens with zero attached hydrogens (tertiary/aromatic N) is 1. The van der Waals surface area contributed by atoms with E-state index in [0.717, 1.165) is 42.8 Å². The number of carbonyl (C=O) groups is 2. The zero-order valence-corrected chi connectivity index (χ0v) is 16.8. The van der Waals surface area contributed by atoms with Crippen LogP contribution in [0.4, 0.5) is 5.69 Å². The van der Waals surface area contributed by atoms with Crippen molar-refractivity contribution in [3.8, 4) is 5.75 Å². The summed E-state index contributed by atoms with van der Waals surface area (Å²) in [4.78, 5) is 26.5. The Kier molecular flexibility index (Phi) is 6.34. The van der Waals surface area contributed by atoms with Gasteiger partial charge in [-0.3, -0.25) is 9.59 Å². The maximum absolute atomic E-state index is 12.4. The second-order valence-electron chi connectivity index (χ2n) is 7.61. The van der Waals surface area contributed by atoms with Crippen LogP contribution in [0.2, 0.25) is 0 Å². The first-order valence-electron chi connectivity index (χ1n) is 9.86. The molecule has 1 saturated heterocycles. The summed E-state index contributed by atoms with van der Waals surface area (Å²) in [5, 5.41) is 2.82. The summed E-state index contributed by atoms with van der Waals surface area (Å²) in [5.74, 6) is 0.894. The Labute approximate surface area is 166 Å². The maximum atomic E-state index is 12.4. The van der Waals surface area contributed by atoms with Crippen molar-refractivity contribution in [1.82, 2.24) is 4.90 Å². The molecule has 0 aromatic heterocycles. The van der Waals surface area contributed by atoms with Gasteiger partial charge in [-0.15, -0.1) is 0 Å². The second kappa shape index (κ2) is 8.91. The molecule has 1 aliphatic rings.